The highest BCUT2D eigenvalue weighted by Gasteiger charge is 2.35. The normalized spacial score (nSPS) is 19.3. The van der Waals surface area contributed by atoms with E-state index < -0.39 is 11.8 Å². The third kappa shape index (κ3) is 5.91. The Hall–Kier alpha value is -2.16. The molecule has 2 saturated heterocycles. The van der Waals surface area contributed by atoms with Crippen LogP contribution in [-0.2, 0) is 24.5 Å². The maximum atomic E-state index is 12.3. The SMILES string of the molecule is COc1ccc(C2(CNC(=O)C(=O)NCCN3CCOCC3)CCOCC2)cc1. The number of morpholine rings is 1. The van der Waals surface area contributed by atoms with Gasteiger partial charge in [-0.3, -0.25) is 14.5 Å². The summed E-state index contributed by atoms with van der Waals surface area (Å²) < 4.78 is 16.1. The number of carbonyl (C=O) groups excluding carboxylic acids is 2. The first kappa shape index (κ1) is 21.5. The number of benzene rings is 1. The van der Waals surface area contributed by atoms with Gasteiger partial charge in [-0.2, -0.15) is 0 Å². The molecule has 0 bridgehead atoms. The van der Waals surface area contributed by atoms with Crippen LogP contribution in [0.2, 0.25) is 0 Å². The van der Waals surface area contributed by atoms with E-state index in [1.807, 2.05) is 24.3 Å². The molecule has 8 nitrogen and oxygen atoms in total. The lowest BCUT2D eigenvalue weighted by molar-refractivity contribution is -0.139. The number of hydrogen-bond acceptors (Lipinski definition) is 6. The molecule has 160 valence electrons. The molecule has 2 N–H and O–H groups in total. The van der Waals surface area contributed by atoms with Crippen molar-refractivity contribution in [3.63, 3.8) is 0 Å². The Morgan fingerprint density at radius 2 is 1.62 bits per heavy atom. The van der Waals surface area contributed by atoms with Crippen molar-refractivity contribution in [3.8, 4) is 5.75 Å². The highest BCUT2D eigenvalue weighted by Crippen LogP contribution is 2.35. The van der Waals surface area contributed by atoms with Gasteiger partial charge in [0.05, 0.1) is 20.3 Å². The summed E-state index contributed by atoms with van der Waals surface area (Å²) in [6.45, 7) is 5.97. The molecule has 3 rings (SSSR count). The molecule has 2 amide bonds. The first-order valence-corrected chi connectivity index (χ1v) is 10.2. The zero-order chi connectivity index (χ0) is 20.5. The van der Waals surface area contributed by atoms with E-state index in [4.69, 9.17) is 14.2 Å². The molecule has 8 heteroatoms. The van der Waals surface area contributed by atoms with Gasteiger partial charge >= 0.3 is 11.8 Å². The molecule has 0 saturated carbocycles. The van der Waals surface area contributed by atoms with E-state index in [1.165, 1.54) is 0 Å². The van der Waals surface area contributed by atoms with Gasteiger partial charge in [0.25, 0.3) is 0 Å². The van der Waals surface area contributed by atoms with E-state index >= 15 is 0 Å². The summed E-state index contributed by atoms with van der Waals surface area (Å²) in [6, 6.07) is 7.90. The number of rotatable bonds is 7. The fraction of sp³-hybridized carbons (Fsp3) is 0.619. The van der Waals surface area contributed by atoms with E-state index in [2.05, 4.69) is 15.5 Å². The Morgan fingerprint density at radius 1 is 1.00 bits per heavy atom. The molecule has 1 aromatic carbocycles. The quantitative estimate of drug-likeness (QED) is 0.635. The van der Waals surface area contributed by atoms with Crippen molar-refractivity contribution in [2.24, 2.45) is 0 Å². The van der Waals surface area contributed by atoms with Crippen LogP contribution < -0.4 is 15.4 Å². The average Bonchev–Trinajstić information content (AvgIpc) is 2.79. The molecule has 0 unspecified atom stereocenters. The van der Waals surface area contributed by atoms with Crippen molar-refractivity contribution < 1.29 is 23.8 Å². The van der Waals surface area contributed by atoms with Crippen molar-refractivity contribution in [2.45, 2.75) is 18.3 Å². The second-order valence-corrected chi connectivity index (χ2v) is 7.51. The first-order chi connectivity index (χ1) is 14.1. The number of amides is 2. The van der Waals surface area contributed by atoms with E-state index in [0.717, 1.165) is 43.8 Å². The van der Waals surface area contributed by atoms with Crippen LogP contribution in [0.15, 0.2) is 24.3 Å². The Labute approximate surface area is 171 Å². The van der Waals surface area contributed by atoms with Crippen LogP contribution in [0.4, 0.5) is 0 Å². The maximum Gasteiger partial charge on any atom is 0.309 e. The van der Waals surface area contributed by atoms with Gasteiger partial charge in [0.1, 0.15) is 5.75 Å². The predicted molar refractivity (Wildman–Crippen MR) is 108 cm³/mol. The molecule has 0 aliphatic carbocycles. The topological polar surface area (TPSA) is 89.1 Å². The van der Waals surface area contributed by atoms with Crippen LogP contribution in [0.5, 0.6) is 5.75 Å². The lowest BCUT2D eigenvalue weighted by Gasteiger charge is -2.38. The lowest BCUT2D eigenvalue weighted by atomic mass is 9.74. The fourth-order valence-electron chi connectivity index (χ4n) is 3.84. The summed E-state index contributed by atoms with van der Waals surface area (Å²) in [7, 11) is 1.64. The van der Waals surface area contributed by atoms with Crippen molar-refractivity contribution in [1.82, 2.24) is 15.5 Å². The molecule has 2 heterocycles. The molecular formula is C21H31N3O5. The number of nitrogens with zero attached hydrogens (tertiary/aromatic N) is 1. The number of methoxy groups -OCH3 is 1. The van der Waals surface area contributed by atoms with Crippen LogP contribution in [0.1, 0.15) is 18.4 Å². The van der Waals surface area contributed by atoms with Gasteiger partial charge in [-0.25, -0.2) is 0 Å². The van der Waals surface area contributed by atoms with Crippen molar-refractivity contribution in [2.75, 3.05) is 66.3 Å². The predicted octanol–water partition coefficient (Wildman–Crippen LogP) is 0.308. The van der Waals surface area contributed by atoms with Crippen LogP contribution in [0.3, 0.4) is 0 Å². The zero-order valence-electron chi connectivity index (χ0n) is 17.1. The molecule has 0 radical (unpaired) electrons. The molecule has 0 spiro atoms. The Balaban J connectivity index is 1.51. The van der Waals surface area contributed by atoms with Gasteiger partial charge in [-0.15, -0.1) is 0 Å². The van der Waals surface area contributed by atoms with E-state index in [0.29, 0.717) is 39.5 Å². The number of ether oxygens (including phenoxy) is 3. The fourth-order valence-corrected chi connectivity index (χ4v) is 3.84. The van der Waals surface area contributed by atoms with Crippen molar-refractivity contribution >= 4 is 11.8 Å². The summed E-state index contributed by atoms with van der Waals surface area (Å²) in [5, 5.41) is 5.55. The average molecular weight is 405 g/mol. The molecule has 0 aromatic heterocycles. The zero-order valence-corrected chi connectivity index (χ0v) is 17.1. The molecule has 2 fully saturated rings. The molecule has 29 heavy (non-hydrogen) atoms. The van der Waals surface area contributed by atoms with Crippen LogP contribution in [0, 0.1) is 0 Å². The Bertz CT molecular complexity index is 667. The molecule has 2 aliphatic heterocycles. The minimum absolute atomic E-state index is 0.242. The lowest BCUT2D eigenvalue weighted by Crippen LogP contribution is -2.49. The third-order valence-electron chi connectivity index (χ3n) is 5.76. The van der Waals surface area contributed by atoms with Crippen LogP contribution in [-0.4, -0.2) is 83.0 Å². The summed E-state index contributed by atoms with van der Waals surface area (Å²) in [6.07, 6.45) is 1.58. The summed E-state index contributed by atoms with van der Waals surface area (Å²) in [5.41, 5.74) is 0.878. The second kappa shape index (κ2) is 10.6. The van der Waals surface area contributed by atoms with E-state index in [-0.39, 0.29) is 5.41 Å². The van der Waals surface area contributed by atoms with Crippen LogP contribution >= 0.6 is 0 Å². The third-order valence-corrected chi connectivity index (χ3v) is 5.76. The maximum absolute atomic E-state index is 12.3. The highest BCUT2D eigenvalue weighted by atomic mass is 16.5. The van der Waals surface area contributed by atoms with Gasteiger partial charge in [0, 0.05) is 51.4 Å². The largest absolute Gasteiger partial charge is 0.497 e. The minimum atomic E-state index is -0.591. The number of carbonyl (C=O) groups is 2. The van der Waals surface area contributed by atoms with Crippen molar-refractivity contribution in [3.05, 3.63) is 29.8 Å². The monoisotopic (exact) mass is 405 g/mol. The van der Waals surface area contributed by atoms with Gasteiger partial charge in [-0.05, 0) is 30.5 Å². The Morgan fingerprint density at radius 3 is 2.28 bits per heavy atom. The minimum Gasteiger partial charge on any atom is -0.497 e. The first-order valence-electron chi connectivity index (χ1n) is 10.2. The van der Waals surface area contributed by atoms with E-state index in [9.17, 15) is 9.59 Å². The Kier molecular flexibility index (Phi) is 7.85. The molecule has 1 aromatic rings. The second-order valence-electron chi connectivity index (χ2n) is 7.51. The smallest absolute Gasteiger partial charge is 0.309 e. The molecule has 2 aliphatic rings. The van der Waals surface area contributed by atoms with Gasteiger partial charge < -0.3 is 24.8 Å². The molecular weight excluding hydrogens is 374 g/mol. The highest BCUT2D eigenvalue weighted by molar-refractivity contribution is 6.35. The standard InChI is InChI=1S/C21H31N3O5/c1-27-18-4-2-17(3-5-18)21(6-12-28-13-7-21)16-23-20(26)19(25)22-8-9-24-10-14-29-15-11-24/h2-5H,6-16H2,1H3,(H,22,25)(H,23,26). The van der Waals surface area contributed by atoms with Gasteiger partial charge in [-0.1, -0.05) is 12.1 Å². The van der Waals surface area contributed by atoms with Gasteiger partial charge in [0.2, 0.25) is 0 Å². The summed E-state index contributed by atoms with van der Waals surface area (Å²) >= 11 is 0. The van der Waals surface area contributed by atoms with E-state index in [1.54, 1.807) is 7.11 Å². The van der Waals surface area contributed by atoms with Crippen LogP contribution in [0.25, 0.3) is 0 Å². The summed E-state index contributed by atoms with van der Waals surface area (Å²) in [5.74, 6) is -0.388. The number of hydrogen-bond donors (Lipinski definition) is 2. The van der Waals surface area contributed by atoms with Gasteiger partial charge in [0.15, 0.2) is 0 Å². The number of nitrogens with one attached hydrogen (secondary N) is 2. The molecule has 0 atom stereocenters. The summed E-state index contributed by atoms with van der Waals surface area (Å²) in [4.78, 5) is 26.7. The van der Waals surface area contributed by atoms with Crippen molar-refractivity contribution in [1.29, 1.82) is 0 Å².